The molecule has 2 aromatic carbocycles. The fourth-order valence-electron chi connectivity index (χ4n) is 3.64. The molecule has 0 saturated carbocycles. The molecule has 1 aromatic heterocycles. The number of carbonyl (C=O) groups is 1. The fraction of sp³-hybridized carbons (Fsp3) is 0.318. The van der Waals surface area contributed by atoms with E-state index in [1.54, 1.807) is 31.2 Å². The van der Waals surface area contributed by atoms with Crippen molar-refractivity contribution in [3.63, 3.8) is 0 Å². The van der Waals surface area contributed by atoms with Gasteiger partial charge in [-0.15, -0.1) is 0 Å². The van der Waals surface area contributed by atoms with Gasteiger partial charge in [-0.05, 0) is 50.1 Å². The minimum absolute atomic E-state index is 0.0255. The number of carbonyl (C=O) groups excluding carboxylic acids is 1. The summed E-state index contributed by atoms with van der Waals surface area (Å²) in [6.07, 6.45) is 1.58. The Labute approximate surface area is 191 Å². The molecule has 33 heavy (non-hydrogen) atoms. The van der Waals surface area contributed by atoms with Crippen molar-refractivity contribution in [3.8, 4) is 0 Å². The van der Waals surface area contributed by atoms with Crippen molar-refractivity contribution < 1.29 is 17.9 Å². The molecule has 0 aliphatic carbocycles. The number of sulfonamides is 1. The number of amides is 1. The van der Waals surface area contributed by atoms with Crippen LogP contribution in [0.5, 0.6) is 0 Å². The third-order valence-electron chi connectivity index (χ3n) is 5.40. The molecule has 1 atom stereocenters. The van der Waals surface area contributed by atoms with Crippen LogP contribution in [0.2, 0.25) is 0 Å². The summed E-state index contributed by atoms with van der Waals surface area (Å²) in [6, 6.07) is 12.6. The van der Waals surface area contributed by atoms with Crippen LogP contribution in [0.3, 0.4) is 0 Å². The van der Waals surface area contributed by atoms with E-state index < -0.39 is 15.9 Å². The second-order valence-corrected chi connectivity index (χ2v) is 9.36. The van der Waals surface area contributed by atoms with Crippen molar-refractivity contribution in [2.24, 2.45) is 0 Å². The number of ether oxygens (including phenoxy) is 1. The number of nitrogens with zero attached hydrogens (tertiary/aromatic N) is 2. The molecule has 1 aliphatic rings. The molecule has 2 heterocycles. The maximum atomic E-state index is 12.7. The van der Waals surface area contributed by atoms with Gasteiger partial charge in [0.25, 0.3) is 11.5 Å². The van der Waals surface area contributed by atoms with Gasteiger partial charge in [-0.1, -0.05) is 18.2 Å². The van der Waals surface area contributed by atoms with E-state index >= 15 is 0 Å². The van der Waals surface area contributed by atoms with Gasteiger partial charge >= 0.3 is 0 Å². The maximum absolute atomic E-state index is 12.7. The Kier molecular flexibility index (Phi) is 6.72. The third kappa shape index (κ3) is 5.05. The lowest BCUT2D eigenvalue weighted by Gasteiger charge is -2.14. The summed E-state index contributed by atoms with van der Waals surface area (Å²) in [5, 5.41) is 0.477. The monoisotopic (exact) mass is 471 g/mol. The second kappa shape index (κ2) is 9.69. The number of nitrogens with one attached hydrogen (secondary N) is 3. The summed E-state index contributed by atoms with van der Waals surface area (Å²) in [4.78, 5) is 29.8. The predicted molar refractivity (Wildman–Crippen MR) is 123 cm³/mol. The standard InChI is InChI=1S/C22H25N5O5S/c1-2-27-21(29)18-10-3-4-11-19(18)24-22(27)26-25-20(28)15-7-5-9-17(13-15)33(30,31)23-14-16-8-6-12-32-16/h3-5,7,9-11,13,16,23H,2,6,8,12,14H2,1H3,(H,24,26)(H,25,28). The minimum Gasteiger partial charge on any atom is -0.377 e. The summed E-state index contributed by atoms with van der Waals surface area (Å²) >= 11 is 0. The first kappa shape index (κ1) is 22.9. The van der Waals surface area contributed by atoms with Gasteiger partial charge in [-0.25, -0.2) is 18.1 Å². The lowest BCUT2D eigenvalue weighted by Crippen LogP contribution is -2.34. The van der Waals surface area contributed by atoms with Crippen LogP contribution in [0.25, 0.3) is 10.9 Å². The first-order chi connectivity index (χ1) is 15.9. The molecule has 4 rings (SSSR count). The molecule has 1 aliphatic heterocycles. The molecular formula is C22H25N5O5S. The number of para-hydroxylation sites is 1. The second-order valence-electron chi connectivity index (χ2n) is 7.60. The molecule has 3 aromatic rings. The first-order valence-corrected chi connectivity index (χ1v) is 12.1. The summed E-state index contributed by atoms with van der Waals surface area (Å²) in [5.74, 6) is -0.396. The average Bonchev–Trinajstić information content (AvgIpc) is 3.35. The Morgan fingerprint density at radius 3 is 2.79 bits per heavy atom. The zero-order valence-corrected chi connectivity index (χ0v) is 18.9. The lowest BCUT2D eigenvalue weighted by molar-refractivity contribution is 0.0961. The summed E-state index contributed by atoms with van der Waals surface area (Å²) in [7, 11) is -3.80. The lowest BCUT2D eigenvalue weighted by atomic mass is 10.2. The number of hydrogen-bond acceptors (Lipinski definition) is 7. The highest BCUT2D eigenvalue weighted by Crippen LogP contribution is 2.15. The summed E-state index contributed by atoms with van der Waals surface area (Å²) in [6.45, 7) is 2.96. The molecule has 174 valence electrons. The van der Waals surface area contributed by atoms with E-state index in [0.717, 1.165) is 12.8 Å². The molecule has 3 N–H and O–H groups in total. The first-order valence-electron chi connectivity index (χ1n) is 10.7. The maximum Gasteiger partial charge on any atom is 0.269 e. The highest BCUT2D eigenvalue weighted by atomic mass is 32.2. The Morgan fingerprint density at radius 1 is 1.21 bits per heavy atom. The van der Waals surface area contributed by atoms with E-state index in [1.807, 2.05) is 0 Å². The van der Waals surface area contributed by atoms with Gasteiger partial charge in [-0.2, -0.15) is 0 Å². The van der Waals surface area contributed by atoms with Crippen molar-refractivity contribution in [2.45, 2.75) is 37.3 Å². The fourth-order valence-corrected chi connectivity index (χ4v) is 4.75. The summed E-state index contributed by atoms with van der Waals surface area (Å²) in [5.41, 5.74) is 5.57. The van der Waals surface area contributed by atoms with E-state index in [1.165, 1.54) is 28.8 Å². The van der Waals surface area contributed by atoms with Gasteiger partial charge in [-0.3, -0.25) is 25.0 Å². The molecule has 1 amide bonds. The highest BCUT2D eigenvalue weighted by molar-refractivity contribution is 7.89. The van der Waals surface area contributed by atoms with Gasteiger partial charge in [0.2, 0.25) is 16.0 Å². The molecule has 0 bridgehead atoms. The third-order valence-corrected chi connectivity index (χ3v) is 6.82. The van der Waals surface area contributed by atoms with E-state index in [2.05, 4.69) is 20.6 Å². The van der Waals surface area contributed by atoms with Crippen LogP contribution < -0.4 is 21.1 Å². The molecular weight excluding hydrogens is 446 g/mol. The normalized spacial score (nSPS) is 16.1. The molecule has 1 saturated heterocycles. The van der Waals surface area contributed by atoms with Crippen LogP contribution in [0.15, 0.2) is 58.2 Å². The van der Waals surface area contributed by atoms with Crippen molar-refractivity contribution in [2.75, 3.05) is 18.6 Å². The molecule has 11 heteroatoms. The Balaban J connectivity index is 1.49. The number of rotatable bonds is 8. The zero-order valence-electron chi connectivity index (χ0n) is 18.1. The Morgan fingerprint density at radius 2 is 2.03 bits per heavy atom. The van der Waals surface area contributed by atoms with Gasteiger partial charge in [0.1, 0.15) is 0 Å². The van der Waals surface area contributed by atoms with Crippen LogP contribution in [0, 0.1) is 0 Å². The summed E-state index contributed by atoms with van der Waals surface area (Å²) < 4.78 is 34.6. The molecule has 0 spiro atoms. The topological polar surface area (TPSA) is 131 Å². The molecule has 10 nitrogen and oxygen atoms in total. The van der Waals surface area contributed by atoms with Crippen molar-refractivity contribution >= 4 is 32.8 Å². The van der Waals surface area contributed by atoms with Gasteiger partial charge in [0.15, 0.2) is 0 Å². The quantitative estimate of drug-likeness (QED) is 0.426. The van der Waals surface area contributed by atoms with Crippen molar-refractivity contribution in [1.29, 1.82) is 0 Å². The predicted octanol–water partition coefficient (Wildman–Crippen LogP) is 1.63. The largest absolute Gasteiger partial charge is 0.377 e. The number of aromatic nitrogens is 2. The van der Waals surface area contributed by atoms with Crippen LogP contribution in [0.1, 0.15) is 30.1 Å². The van der Waals surface area contributed by atoms with E-state index in [4.69, 9.17) is 4.74 Å². The Hall–Kier alpha value is -3.28. The highest BCUT2D eigenvalue weighted by Gasteiger charge is 2.21. The van der Waals surface area contributed by atoms with Crippen LogP contribution in [0.4, 0.5) is 5.95 Å². The van der Waals surface area contributed by atoms with Crippen LogP contribution >= 0.6 is 0 Å². The zero-order chi connectivity index (χ0) is 23.4. The van der Waals surface area contributed by atoms with E-state index in [0.29, 0.717) is 24.1 Å². The van der Waals surface area contributed by atoms with Crippen LogP contribution in [-0.2, 0) is 21.3 Å². The smallest absolute Gasteiger partial charge is 0.269 e. The van der Waals surface area contributed by atoms with Gasteiger partial charge < -0.3 is 4.74 Å². The average molecular weight is 472 g/mol. The number of hydrogen-bond donors (Lipinski definition) is 3. The number of anilines is 1. The van der Waals surface area contributed by atoms with Crippen molar-refractivity contribution in [1.82, 2.24) is 19.7 Å². The molecule has 1 unspecified atom stereocenters. The number of hydrazine groups is 1. The molecule has 1 fully saturated rings. The van der Waals surface area contributed by atoms with Crippen LogP contribution in [-0.4, -0.2) is 43.1 Å². The van der Waals surface area contributed by atoms with Gasteiger partial charge in [0.05, 0.1) is 21.9 Å². The van der Waals surface area contributed by atoms with E-state index in [9.17, 15) is 18.0 Å². The number of benzene rings is 2. The SMILES string of the molecule is CCn1c(NNC(=O)c2cccc(S(=O)(=O)NCC3CCCO3)c2)nc2ccccc2c1=O. The van der Waals surface area contributed by atoms with Gasteiger partial charge in [0, 0.05) is 25.3 Å². The van der Waals surface area contributed by atoms with E-state index in [-0.39, 0.29) is 34.6 Å². The van der Waals surface area contributed by atoms with Crippen molar-refractivity contribution in [3.05, 3.63) is 64.4 Å². The minimum atomic E-state index is -3.80. The molecule has 0 radical (unpaired) electrons. The Bertz CT molecular complexity index is 1330. The number of fused-ring (bicyclic) bond motifs is 1.